The van der Waals surface area contributed by atoms with E-state index in [2.05, 4.69) is 20.8 Å². The van der Waals surface area contributed by atoms with Gasteiger partial charge >= 0.3 is 0 Å². The first kappa shape index (κ1) is 16.9. The van der Waals surface area contributed by atoms with E-state index in [9.17, 15) is 9.18 Å². The fraction of sp³-hybridized carbons (Fsp3) is 0.0556. The first-order chi connectivity index (χ1) is 12.0. The molecule has 2 N–H and O–H groups in total. The van der Waals surface area contributed by atoms with E-state index >= 15 is 0 Å². The summed E-state index contributed by atoms with van der Waals surface area (Å²) in [6.07, 6.45) is 0. The van der Waals surface area contributed by atoms with Gasteiger partial charge in [0, 0.05) is 10.7 Å². The quantitative estimate of drug-likeness (QED) is 0.718. The van der Waals surface area contributed by atoms with Gasteiger partial charge in [0.2, 0.25) is 0 Å². The van der Waals surface area contributed by atoms with E-state index < -0.39 is 11.7 Å². The third kappa shape index (κ3) is 4.10. The van der Waals surface area contributed by atoms with Gasteiger partial charge in [-0.2, -0.15) is 0 Å². The highest BCUT2D eigenvalue weighted by atomic mass is 35.5. The van der Waals surface area contributed by atoms with E-state index in [-0.39, 0.29) is 11.4 Å². The normalized spacial score (nSPS) is 10.4. The molecule has 0 atom stereocenters. The number of amides is 1. The van der Waals surface area contributed by atoms with Crippen LogP contribution in [-0.4, -0.2) is 16.1 Å². The molecular weight excluding hydrogens is 343 g/mol. The van der Waals surface area contributed by atoms with Crippen molar-refractivity contribution >= 4 is 34.7 Å². The molecule has 1 aromatic heterocycles. The van der Waals surface area contributed by atoms with Gasteiger partial charge in [0.25, 0.3) is 5.91 Å². The van der Waals surface area contributed by atoms with E-state index in [0.29, 0.717) is 16.5 Å². The molecule has 1 heterocycles. The number of para-hydroxylation sites is 1. The summed E-state index contributed by atoms with van der Waals surface area (Å²) in [5.41, 5.74) is 1.91. The zero-order chi connectivity index (χ0) is 17.8. The van der Waals surface area contributed by atoms with Crippen LogP contribution in [0.25, 0.3) is 0 Å². The maximum absolute atomic E-state index is 13.6. The predicted octanol–water partition coefficient (Wildman–Crippen LogP) is 4.57. The van der Waals surface area contributed by atoms with Gasteiger partial charge in [-0.3, -0.25) is 4.79 Å². The molecule has 7 heteroatoms. The molecule has 0 fully saturated rings. The van der Waals surface area contributed by atoms with Crippen molar-refractivity contribution in [1.29, 1.82) is 0 Å². The molecule has 0 saturated heterocycles. The Hall–Kier alpha value is -2.99. The molecule has 3 aromatic rings. The second-order valence-electron chi connectivity index (χ2n) is 5.32. The first-order valence-corrected chi connectivity index (χ1v) is 7.83. The predicted molar refractivity (Wildman–Crippen MR) is 95.9 cm³/mol. The van der Waals surface area contributed by atoms with Crippen LogP contribution in [0.15, 0.2) is 54.6 Å². The standard InChI is InChI=1S/C18H14ClFN4O/c1-11-10-12(19)6-7-14(11)22-18(25)16-8-9-17(24-23-16)21-15-5-3-2-4-13(15)20/h2-10H,1H3,(H,21,24)(H,22,25). The van der Waals surface area contributed by atoms with Gasteiger partial charge in [0.15, 0.2) is 11.5 Å². The number of aryl methyl sites for hydroxylation is 1. The minimum Gasteiger partial charge on any atom is -0.336 e. The van der Waals surface area contributed by atoms with E-state index in [1.165, 1.54) is 12.1 Å². The highest BCUT2D eigenvalue weighted by Gasteiger charge is 2.11. The molecule has 3 rings (SSSR count). The lowest BCUT2D eigenvalue weighted by molar-refractivity contribution is 0.102. The minimum absolute atomic E-state index is 0.147. The molecule has 0 unspecified atom stereocenters. The van der Waals surface area contributed by atoms with Gasteiger partial charge in [-0.15, -0.1) is 10.2 Å². The summed E-state index contributed by atoms with van der Waals surface area (Å²) >= 11 is 5.90. The number of halogens is 2. The molecule has 0 saturated carbocycles. The average molecular weight is 357 g/mol. The molecule has 25 heavy (non-hydrogen) atoms. The number of hydrogen-bond donors (Lipinski definition) is 2. The van der Waals surface area contributed by atoms with Crippen LogP contribution in [-0.2, 0) is 0 Å². The average Bonchev–Trinajstić information content (AvgIpc) is 2.60. The highest BCUT2D eigenvalue weighted by Crippen LogP contribution is 2.20. The Kier molecular flexibility index (Phi) is 4.90. The molecule has 0 aliphatic heterocycles. The van der Waals surface area contributed by atoms with Crippen molar-refractivity contribution < 1.29 is 9.18 Å². The number of rotatable bonds is 4. The van der Waals surface area contributed by atoms with Crippen molar-refractivity contribution in [1.82, 2.24) is 10.2 Å². The van der Waals surface area contributed by atoms with Crippen LogP contribution >= 0.6 is 11.6 Å². The van der Waals surface area contributed by atoms with Crippen molar-refractivity contribution in [2.45, 2.75) is 6.92 Å². The van der Waals surface area contributed by atoms with E-state index in [1.807, 2.05) is 6.92 Å². The van der Waals surface area contributed by atoms with Crippen molar-refractivity contribution in [2.75, 3.05) is 10.6 Å². The van der Waals surface area contributed by atoms with E-state index in [0.717, 1.165) is 5.56 Å². The number of nitrogens with zero attached hydrogens (tertiary/aromatic N) is 2. The van der Waals surface area contributed by atoms with Crippen LogP contribution in [0, 0.1) is 12.7 Å². The smallest absolute Gasteiger partial charge is 0.276 e. The number of anilines is 3. The summed E-state index contributed by atoms with van der Waals surface area (Å²) in [6.45, 7) is 1.84. The SMILES string of the molecule is Cc1cc(Cl)ccc1NC(=O)c1ccc(Nc2ccccc2F)nn1. The van der Waals surface area contributed by atoms with E-state index in [4.69, 9.17) is 11.6 Å². The largest absolute Gasteiger partial charge is 0.336 e. The lowest BCUT2D eigenvalue weighted by atomic mass is 10.2. The monoisotopic (exact) mass is 356 g/mol. The summed E-state index contributed by atoms with van der Waals surface area (Å²) in [7, 11) is 0. The number of carbonyl (C=O) groups is 1. The second kappa shape index (κ2) is 7.27. The van der Waals surface area contributed by atoms with Crippen LogP contribution in [0.3, 0.4) is 0 Å². The van der Waals surface area contributed by atoms with Crippen LogP contribution in [0.4, 0.5) is 21.6 Å². The Morgan fingerprint density at radius 3 is 2.52 bits per heavy atom. The summed E-state index contributed by atoms with van der Waals surface area (Å²) in [5, 5.41) is 13.9. The van der Waals surface area contributed by atoms with Gasteiger partial charge in [0.1, 0.15) is 5.82 Å². The minimum atomic E-state index is -0.399. The third-order valence-corrected chi connectivity index (χ3v) is 3.71. The lowest BCUT2D eigenvalue weighted by Crippen LogP contribution is -2.15. The first-order valence-electron chi connectivity index (χ1n) is 7.46. The Morgan fingerprint density at radius 1 is 1.04 bits per heavy atom. The van der Waals surface area contributed by atoms with Gasteiger partial charge in [-0.05, 0) is 55.0 Å². The van der Waals surface area contributed by atoms with Crippen molar-refractivity contribution in [3.8, 4) is 0 Å². The van der Waals surface area contributed by atoms with Crippen molar-refractivity contribution in [3.63, 3.8) is 0 Å². The van der Waals surface area contributed by atoms with Crippen LogP contribution in [0.2, 0.25) is 5.02 Å². The summed E-state index contributed by atoms with van der Waals surface area (Å²) in [5.74, 6) is -0.455. The molecule has 0 radical (unpaired) electrons. The number of nitrogens with one attached hydrogen (secondary N) is 2. The molecule has 126 valence electrons. The van der Waals surface area contributed by atoms with Crippen molar-refractivity contribution in [2.24, 2.45) is 0 Å². The zero-order valence-corrected chi connectivity index (χ0v) is 14.0. The number of hydrogen-bond acceptors (Lipinski definition) is 4. The van der Waals surface area contributed by atoms with Gasteiger partial charge in [0.05, 0.1) is 5.69 Å². The molecule has 5 nitrogen and oxygen atoms in total. The number of benzene rings is 2. The number of carbonyl (C=O) groups excluding carboxylic acids is 1. The zero-order valence-electron chi connectivity index (χ0n) is 13.3. The van der Waals surface area contributed by atoms with Gasteiger partial charge in [-0.25, -0.2) is 4.39 Å². The van der Waals surface area contributed by atoms with E-state index in [1.54, 1.807) is 42.5 Å². The lowest BCUT2D eigenvalue weighted by Gasteiger charge is -2.09. The molecule has 0 aliphatic rings. The third-order valence-electron chi connectivity index (χ3n) is 3.47. The summed E-state index contributed by atoms with van der Waals surface area (Å²) in [6, 6.07) is 14.5. The Bertz CT molecular complexity index is 915. The summed E-state index contributed by atoms with van der Waals surface area (Å²) in [4.78, 5) is 12.2. The van der Waals surface area contributed by atoms with Gasteiger partial charge in [-0.1, -0.05) is 23.7 Å². The molecule has 1 amide bonds. The summed E-state index contributed by atoms with van der Waals surface area (Å²) < 4.78 is 13.6. The molecule has 0 spiro atoms. The van der Waals surface area contributed by atoms with Crippen LogP contribution in [0.5, 0.6) is 0 Å². The highest BCUT2D eigenvalue weighted by molar-refractivity contribution is 6.30. The second-order valence-corrected chi connectivity index (χ2v) is 5.76. The van der Waals surface area contributed by atoms with Gasteiger partial charge < -0.3 is 10.6 Å². The molecular formula is C18H14ClFN4O. The fourth-order valence-electron chi connectivity index (χ4n) is 2.17. The Morgan fingerprint density at radius 2 is 1.84 bits per heavy atom. The maximum Gasteiger partial charge on any atom is 0.276 e. The Labute approximate surface area is 148 Å². The molecule has 0 bridgehead atoms. The Balaban J connectivity index is 1.71. The molecule has 2 aromatic carbocycles. The maximum atomic E-state index is 13.6. The van der Waals surface area contributed by atoms with Crippen LogP contribution in [0.1, 0.15) is 16.1 Å². The number of aromatic nitrogens is 2. The topological polar surface area (TPSA) is 66.9 Å². The van der Waals surface area contributed by atoms with Crippen molar-refractivity contribution in [3.05, 3.63) is 76.7 Å². The molecule has 0 aliphatic carbocycles. The fourth-order valence-corrected chi connectivity index (χ4v) is 2.40. The van der Waals surface area contributed by atoms with Crippen LogP contribution < -0.4 is 10.6 Å².